The van der Waals surface area contributed by atoms with E-state index in [1.54, 1.807) is 0 Å². The van der Waals surface area contributed by atoms with Gasteiger partial charge >= 0.3 is 12.1 Å². The van der Waals surface area contributed by atoms with Crippen molar-refractivity contribution in [2.75, 3.05) is 12.4 Å². The van der Waals surface area contributed by atoms with Crippen LogP contribution in [0.4, 0.5) is 32.0 Å². The van der Waals surface area contributed by atoms with Crippen molar-refractivity contribution in [3.63, 3.8) is 0 Å². The second-order valence-electron chi connectivity index (χ2n) is 7.50. The van der Waals surface area contributed by atoms with E-state index >= 15 is 0 Å². The van der Waals surface area contributed by atoms with E-state index in [0.717, 1.165) is 30.3 Å². The Balaban J connectivity index is 1.83. The molecule has 0 radical (unpaired) electrons. The number of fused-ring (bicyclic) bond motifs is 1. The number of halogens is 6. The van der Waals surface area contributed by atoms with Gasteiger partial charge in [-0.25, -0.2) is 13.9 Å². The first-order chi connectivity index (χ1) is 16.8. The van der Waals surface area contributed by atoms with E-state index in [9.17, 15) is 35.9 Å². The van der Waals surface area contributed by atoms with Gasteiger partial charge in [0, 0.05) is 31.9 Å². The maximum Gasteiger partial charge on any atom is 0.459 e. The van der Waals surface area contributed by atoms with E-state index in [4.69, 9.17) is 0 Å². The Labute approximate surface area is 197 Å². The summed E-state index contributed by atoms with van der Waals surface area (Å²) in [4.78, 5) is 28.8. The highest BCUT2D eigenvalue weighted by Gasteiger charge is 2.60. The number of hydrogen-bond donors (Lipinski definition) is 2. The van der Waals surface area contributed by atoms with Crippen molar-refractivity contribution >= 4 is 23.1 Å². The number of amides is 2. The molecule has 3 aromatic heterocycles. The smallest absolute Gasteiger partial charge is 0.354 e. The Hall–Kier alpha value is -4.43. The zero-order chi connectivity index (χ0) is 26.4. The molecule has 4 rings (SSSR count). The van der Waals surface area contributed by atoms with Gasteiger partial charge < -0.3 is 10.6 Å². The van der Waals surface area contributed by atoms with Crippen molar-refractivity contribution < 1.29 is 35.9 Å². The Morgan fingerprint density at radius 1 is 0.972 bits per heavy atom. The van der Waals surface area contributed by atoms with Gasteiger partial charge in [-0.3, -0.25) is 14.3 Å². The van der Waals surface area contributed by atoms with Gasteiger partial charge in [-0.05, 0) is 30.3 Å². The number of rotatable bonds is 5. The van der Waals surface area contributed by atoms with Gasteiger partial charge in [0.25, 0.3) is 11.8 Å². The van der Waals surface area contributed by atoms with Gasteiger partial charge in [0.05, 0.1) is 11.4 Å². The van der Waals surface area contributed by atoms with Crippen LogP contribution in [0, 0.1) is 5.82 Å². The van der Waals surface area contributed by atoms with E-state index in [1.165, 1.54) is 25.0 Å². The van der Waals surface area contributed by atoms with Crippen molar-refractivity contribution in [2.45, 2.75) is 12.1 Å². The number of nitrogens with zero attached hydrogens (tertiary/aromatic N) is 5. The number of anilines is 1. The number of carbonyl (C=O) groups is 2. The summed E-state index contributed by atoms with van der Waals surface area (Å²) in [5, 5.41) is 12.2. The van der Waals surface area contributed by atoms with Crippen LogP contribution >= 0.6 is 0 Å². The van der Waals surface area contributed by atoms with Crippen LogP contribution in [-0.2, 0) is 13.0 Å². The lowest BCUT2D eigenvalue weighted by molar-refractivity contribution is -0.291. The second-order valence-corrected chi connectivity index (χ2v) is 7.50. The molecule has 15 heteroatoms. The molecule has 3 heterocycles. The zero-order valence-corrected chi connectivity index (χ0v) is 18.4. The van der Waals surface area contributed by atoms with Gasteiger partial charge in [0.2, 0.25) is 0 Å². The molecule has 0 aliphatic carbocycles. The molecule has 2 N–H and O–H groups in total. The number of hydrogen-bond acceptors (Lipinski definition) is 5. The summed E-state index contributed by atoms with van der Waals surface area (Å²) in [6.07, 6.45) is -4.71. The average molecular weight is 511 g/mol. The molecule has 0 saturated carbocycles. The van der Waals surface area contributed by atoms with Crippen LogP contribution in [0.3, 0.4) is 0 Å². The van der Waals surface area contributed by atoms with Gasteiger partial charge in [0.1, 0.15) is 11.5 Å². The lowest BCUT2D eigenvalue weighted by atomic mass is 10.1. The number of nitrogens with one attached hydrogen (secondary N) is 2. The Morgan fingerprint density at radius 3 is 2.25 bits per heavy atom. The van der Waals surface area contributed by atoms with Crippen molar-refractivity contribution in [3.8, 4) is 11.3 Å². The molecule has 0 unspecified atom stereocenters. The van der Waals surface area contributed by atoms with Crippen molar-refractivity contribution in [1.29, 1.82) is 0 Å². The number of aryl methyl sites for hydroxylation is 1. The first kappa shape index (κ1) is 24.7. The third-order valence-corrected chi connectivity index (χ3v) is 5.00. The lowest BCUT2D eigenvalue weighted by Gasteiger charge is -2.21. The number of aromatic nitrogens is 5. The fraction of sp³-hybridized carbons (Fsp3) is 0.190. The number of benzene rings is 1. The summed E-state index contributed by atoms with van der Waals surface area (Å²) in [7, 11) is 2.80. The molecule has 36 heavy (non-hydrogen) atoms. The molecule has 2 amide bonds. The van der Waals surface area contributed by atoms with Crippen LogP contribution < -0.4 is 10.6 Å². The molecule has 0 bridgehead atoms. The molecule has 9 nitrogen and oxygen atoms in total. The molecule has 0 aliphatic rings. The summed E-state index contributed by atoms with van der Waals surface area (Å²) in [5.41, 5.74) is -3.18. The van der Waals surface area contributed by atoms with Gasteiger partial charge in [-0.1, -0.05) is 0 Å². The molecule has 0 spiro atoms. The molecule has 0 atom stereocenters. The molecule has 4 aromatic rings. The number of carbonyl (C=O) groups excluding carboxylic acids is 2. The summed E-state index contributed by atoms with van der Waals surface area (Å²) in [6, 6.07) is 5.63. The van der Waals surface area contributed by atoms with E-state index < -0.39 is 46.8 Å². The Kier molecular flexibility index (Phi) is 5.94. The molecule has 0 fully saturated rings. The van der Waals surface area contributed by atoms with Crippen molar-refractivity contribution in [3.05, 3.63) is 65.5 Å². The van der Waals surface area contributed by atoms with Crippen LogP contribution in [0.1, 0.15) is 26.7 Å². The Morgan fingerprint density at radius 2 is 1.64 bits per heavy atom. The molecule has 1 aromatic carbocycles. The molecule has 0 aliphatic heterocycles. The minimum atomic E-state index is -5.99. The topological polar surface area (TPSA) is 106 Å². The summed E-state index contributed by atoms with van der Waals surface area (Å²) >= 11 is 0. The largest absolute Gasteiger partial charge is 0.459 e. The number of alkyl halides is 5. The summed E-state index contributed by atoms with van der Waals surface area (Å²) < 4.78 is 83.4. The van der Waals surface area contributed by atoms with Gasteiger partial charge in [0.15, 0.2) is 17.0 Å². The van der Waals surface area contributed by atoms with E-state index in [-0.39, 0.29) is 27.2 Å². The fourth-order valence-corrected chi connectivity index (χ4v) is 3.28. The SMILES string of the molecule is CNC(=O)c1nn(C)cc1NC(=O)c1cc2nc(-c3ccc(F)cc3)cc(C(F)(F)C(F)(F)F)n2n1. The van der Waals surface area contributed by atoms with Crippen LogP contribution in [0.15, 0.2) is 42.6 Å². The zero-order valence-electron chi connectivity index (χ0n) is 18.4. The van der Waals surface area contributed by atoms with Crippen LogP contribution in [0.5, 0.6) is 0 Å². The van der Waals surface area contributed by atoms with E-state index in [0.29, 0.717) is 6.07 Å². The lowest BCUT2D eigenvalue weighted by Crippen LogP contribution is -2.36. The van der Waals surface area contributed by atoms with Crippen LogP contribution in [0.2, 0.25) is 0 Å². The quantitative estimate of drug-likeness (QED) is 0.399. The van der Waals surface area contributed by atoms with Gasteiger partial charge in [-0.15, -0.1) is 0 Å². The fourth-order valence-electron chi connectivity index (χ4n) is 3.28. The minimum Gasteiger partial charge on any atom is -0.354 e. The molecule has 188 valence electrons. The second kappa shape index (κ2) is 8.66. The standard InChI is InChI=1S/C21H15F6N7O2/c1-28-19(36)17-14(9-33(2)32-17)30-18(35)13-8-16-29-12(10-3-5-11(22)6-4-10)7-15(34(16)31-13)20(23,24)21(25,26)27/h3-9H,1-2H3,(H,28,36)(H,30,35). The maximum atomic E-state index is 14.5. The van der Waals surface area contributed by atoms with Gasteiger partial charge in [-0.2, -0.15) is 32.1 Å². The highest BCUT2D eigenvalue weighted by molar-refractivity contribution is 6.07. The monoisotopic (exact) mass is 511 g/mol. The molecular formula is C21H15F6N7O2. The van der Waals surface area contributed by atoms with Crippen molar-refractivity contribution in [2.24, 2.45) is 7.05 Å². The first-order valence-corrected chi connectivity index (χ1v) is 10.0. The normalized spacial score (nSPS) is 12.1. The predicted octanol–water partition coefficient (Wildman–Crippen LogP) is 3.53. The van der Waals surface area contributed by atoms with Crippen LogP contribution in [-0.4, -0.2) is 49.4 Å². The molecular weight excluding hydrogens is 496 g/mol. The maximum absolute atomic E-state index is 14.5. The Bertz CT molecular complexity index is 1470. The third kappa shape index (κ3) is 4.34. The van der Waals surface area contributed by atoms with Crippen LogP contribution in [0.25, 0.3) is 16.9 Å². The average Bonchev–Trinajstić information content (AvgIpc) is 3.40. The van der Waals surface area contributed by atoms with Crippen molar-refractivity contribution in [1.82, 2.24) is 29.7 Å². The third-order valence-electron chi connectivity index (χ3n) is 5.00. The minimum absolute atomic E-state index is 0.0518. The highest BCUT2D eigenvalue weighted by atomic mass is 19.4. The predicted molar refractivity (Wildman–Crippen MR) is 113 cm³/mol. The highest BCUT2D eigenvalue weighted by Crippen LogP contribution is 2.44. The summed E-state index contributed by atoms with van der Waals surface area (Å²) in [6.45, 7) is 0. The van der Waals surface area contributed by atoms with E-state index in [1.807, 2.05) is 0 Å². The summed E-state index contributed by atoms with van der Waals surface area (Å²) in [5.74, 6) is -7.70. The first-order valence-electron chi connectivity index (χ1n) is 10.0. The molecule has 0 saturated heterocycles. The van der Waals surface area contributed by atoms with E-state index in [2.05, 4.69) is 25.8 Å².